The fraction of sp³-hybridized carbons (Fsp3) is 0. The first-order chi connectivity index (χ1) is 13.1. The van der Waals surface area contributed by atoms with E-state index in [1.807, 2.05) is 47.8 Å². The van der Waals surface area contributed by atoms with Crippen molar-refractivity contribution in [3.63, 3.8) is 0 Å². The molecule has 132 valence electrons. The Balaban J connectivity index is 1.79. The summed E-state index contributed by atoms with van der Waals surface area (Å²) in [5.74, 6) is -1.04. The van der Waals surface area contributed by atoms with E-state index < -0.39 is 11.8 Å². The zero-order valence-corrected chi connectivity index (χ0v) is 14.8. The molecule has 0 aromatic heterocycles. The number of nitriles is 1. The van der Waals surface area contributed by atoms with E-state index in [0.717, 1.165) is 16.3 Å². The number of nitrogens with one attached hydrogen (secondary N) is 2. The normalized spacial score (nSPS) is 10.5. The summed E-state index contributed by atoms with van der Waals surface area (Å²) >= 11 is 5.94. The number of fused-ring (bicyclic) bond motifs is 1. The van der Waals surface area contributed by atoms with Crippen LogP contribution in [0.5, 0.6) is 0 Å². The number of carbonyl (C=O) groups excluding carboxylic acids is 2. The van der Waals surface area contributed by atoms with Crippen molar-refractivity contribution in [2.45, 2.75) is 0 Å². The second-order valence-corrected chi connectivity index (χ2v) is 6.12. The number of halogens is 1. The molecule has 0 radical (unpaired) electrons. The monoisotopic (exact) mass is 375 g/mol. The summed E-state index contributed by atoms with van der Waals surface area (Å²) in [5, 5.41) is 15.8. The molecule has 2 N–H and O–H groups in total. The van der Waals surface area contributed by atoms with Gasteiger partial charge in [-0.1, -0.05) is 48.0 Å². The van der Waals surface area contributed by atoms with Gasteiger partial charge in [-0.15, -0.1) is 0 Å². The molecule has 5 nitrogen and oxygen atoms in total. The van der Waals surface area contributed by atoms with Crippen LogP contribution in [0.1, 0.15) is 15.9 Å². The lowest BCUT2D eigenvalue weighted by Crippen LogP contribution is -2.20. The lowest BCUT2D eigenvalue weighted by atomic mass is 10.1. The molecule has 0 saturated heterocycles. The lowest BCUT2D eigenvalue weighted by Gasteiger charge is -2.08. The number of amides is 2. The summed E-state index contributed by atoms with van der Waals surface area (Å²) in [7, 11) is 0. The molecule has 0 bridgehead atoms. The predicted molar refractivity (Wildman–Crippen MR) is 106 cm³/mol. The van der Waals surface area contributed by atoms with Gasteiger partial charge in [0.1, 0.15) is 0 Å². The molecule has 0 spiro atoms. The maximum atomic E-state index is 12.3. The van der Waals surface area contributed by atoms with Crippen molar-refractivity contribution in [1.29, 1.82) is 5.26 Å². The molecule has 0 unspecified atom stereocenters. The Morgan fingerprint density at radius 3 is 2.56 bits per heavy atom. The third kappa shape index (κ3) is 4.51. The highest BCUT2D eigenvalue weighted by atomic mass is 35.5. The lowest BCUT2D eigenvalue weighted by molar-refractivity contribution is -0.111. The number of benzene rings is 3. The molecule has 0 aliphatic carbocycles. The summed E-state index contributed by atoms with van der Waals surface area (Å²) in [5.41, 5.74) is 1.24. The molecule has 0 saturated carbocycles. The first-order valence-corrected chi connectivity index (χ1v) is 8.41. The van der Waals surface area contributed by atoms with E-state index in [-0.39, 0.29) is 11.3 Å². The Morgan fingerprint density at radius 2 is 1.78 bits per heavy atom. The van der Waals surface area contributed by atoms with E-state index in [1.165, 1.54) is 24.3 Å². The topological polar surface area (TPSA) is 82.0 Å². The molecular formula is C21H14ClN3O2. The van der Waals surface area contributed by atoms with Crippen molar-refractivity contribution < 1.29 is 9.59 Å². The van der Waals surface area contributed by atoms with Gasteiger partial charge in [-0.3, -0.25) is 14.9 Å². The van der Waals surface area contributed by atoms with Crippen LogP contribution in [0.15, 0.2) is 66.7 Å². The van der Waals surface area contributed by atoms with E-state index >= 15 is 0 Å². The minimum Gasteiger partial charge on any atom is -0.322 e. The number of hydrogen-bond acceptors (Lipinski definition) is 3. The highest BCUT2D eigenvalue weighted by Gasteiger charge is 2.13. The molecule has 27 heavy (non-hydrogen) atoms. The molecule has 0 atom stereocenters. The summed E-state index contributed by atoms with van der Waals surface area (Å²) < 4.78 is 0. The van der Waals surface area contributed by atoms with Crippen molar-refractivity contribution in [2.24, 2.45) is 0 Å². The summed E-state index contributed by atoms with van der Waals surface area (Å²) in [6.07, 6.45) is 4.62. The van der Waals surface area contributed by atoms with Crippen molar-refractivity contribution in [3.8, 4) is 6.19 Å². The molecule has 3 aromatic rings. The van der Waals surface area contributed by atoms with Gasteiger partial charge >= 0.3 is 0 Å². The average molecular weight is 376 g/mol. The van der Waals surface area contributed by atoms with Gasteiger partial charge in [0.25, 0.3) is 5.91 Å². The number of rotatable bonds is 4. The quantitative estimate of drug-likeness (QED) is 0.404. The van der Waals surface area contributed by atoms with Crippen molar-refractivity contribution in [1.82, 2.24) is 5.32 Å². The molecule has 6 heteroatoms. The van der Waals surface area contributed by atoms with Gasteiger partial charge in [0.05, 0.1) is 11.3 Å². The van der Waals surface area contributed by atoms with E-state index in [4.69, 9.17) is 16.9 Å². The molecule has 0 aliphatic rings. The van der Waals surface area contributed by atoms with Crippen molar-refractivity contribution in [3.05, 3.63) is 82.9 Å². The van der Waals surface area contributed by atoms with Crippen LogP contribution in [0.2, 0.25) is 5.02 Å². The van der Waals surface area contributed by atoms with Gasteiger partial charge < -0.3 is 5.32 Å². The van der Waals surface area contributed by atoms with Gasteiger partial charge in [-0.25, -0.2) is 0 Å². The second kappa shape index (κ2) is 8.17. The van der Waals surface area contributed by atoms with Crippen LogP contribution < -0.4 is 10.6 Å². The van der Waals surface area contributed by atoms with Crippen LogP contribution in [-0.4, -0.2) is 11.8 Å². The van der Waals surface area contributed by atoms with Crippen LogP contribution in [-0.2, 0) is 4.79 Å². The fourth-order valence-corrected chi connectivity index (χ4v) is 2.77. The maximum Gasteiger partial charge on any atom is 0.266 e. The Labute approximate surface area is 160 Å². The van der Waals surface area contributed by atoms with E-state index in [2.05, 4.69) is 5.32 Å². The van der Waals surface area contributed by atoms with E-state index in [9.17, 15) is 9.59 Å². The van der Waals surface area contributed by atoms with Gasteiger partial charge in [0.15, 0.2) is 6.19 Å². The Hall–Kier alpha value is -3.62. The average Bonchev–Trinajstić information content (AvgIpc) is 2.66. The number of anilines is 1. The summed E-state index contributed by atoms with van der Waals surface area (Å²) in [6.45, 7) is 0. The maximum absolute atomic E-state index is 12.3. The Morgan fingerprint density at radius 1 is 1.00 bits per heavy atom. The van der Waals surface area contributed by atoms with Crippen LogP contribution in [0, 0.1) is 11.5 Å². The minimum absolute atomic E-state index is 0.147. The largest absolute Gasteiger partial charge is 0.322 e. The SMILES string of the molecule is N#CNC(=O)c1ccc(Cl)cc1NC(=O)C=Cc1ccc2ccccc2c1. The Kier molecular flexibility index (Phi) is 5.50. The standard InChI is InChI=1S/C21H14ClN3O2/c22-17-8-9-18(21(27)24-13-23)19(12-17)25-20(26)10-6-14-5-7-15-3-1-2-4-16(15)11-14/h1-12H,(H,24,27)(H,25,26). The molecular weight excluding hydrogens is 362 g/mol. The summed E-state index contributed by atoms with van der Waals surface area (Å²) in [4.78, 5) is 24.2. The van der Waals surface area contributed by atoms with Crippen LogP contribution in [0.4, 0.5) is 5.69 Å². The van der Waals surface area contributed by atoms with Gasteiger partial charge in [-0.05, 0) is 46.7 Å². The first kappa shape index (κ1) is 18.2. The van der Waals surface area contributed by atoms with E-state index in [1.54, 1.807) is 12.3 Å². The molecule has 0 aliphatic heterocycles. The first-order valence-electron chi connectivity index (χ1n) is 8.03. The Bertz CT molecular complexity index is 1100. The number of nitrogens with zero attached hydrogens (tertiary/aromatic N) is 1. The highest BCUT2D eigenvalue weighted by molar-refractivity contribution is 6.31. The third-order valence-corrected chi connectivity index (χ3v) is 4.09. The zero-order chi connectivity index (χ0) is 19.2. The van der Waals surface area contributed by atoms with Crippen LogP contribution in [0.3, 0.4) is 0 Å². The van der Waals surface area contributed by atoms with Crippen molar-refractivity contribution in [2.75, 3.05) is 5.32 Å². The molecule has 3 rings (SSSR count). The van der Waals surface area contributed by atoms with Gasteiger partial charge in [-0.2, -0.15) is 5.26 Å². The summed E-state index contributed by atoms with van der Waals surface area (Å²) in [6, 6.07) is 18.2. The molecule has 3 aromatic carbocycles. The van der Waals surface area contributed by atoms with Crippen LogP contribution >= 0.6 is 11.6 Å². The zero-order valence-electron chi connectivity index (χ0n) is 14.1. The third-order valence-electron chi connectivity index (χ3n) is 3.85. The smallest absolute Gasteiger partial charge is 0.266 e. The molecule has 0 heterocycles. The van der Waals surface area contributed by atoms with Crippen LogP contribution in [0.25, 0.3) is 16.8 Å². The number of carbonyl (C=O) groups is 2. The van der Waals surface area contributed by atoms with Gasteiger partial charge in [0, 0.05) is 11.1 Å². The highest BCUT2D eigenvalue weighted by Crippen LogP contribution is 2.21. The van der Waals surface area contributed by atoms with E-state index in [0.29, 0.717) is 5.02 Å². The molecule has 2 amide bonds. The minimum atomic E-state index is -0.622. The predicted octanol–water partition coefficient (Wildman–Crippen LogP) is 4.36. The number of hydrogen-bond donors (Lipinski definition) is 2. The van der Waals surface area contributed by atoms with Crippen molar-refractivity contribution >= 4 is 46.0 Å². The van der Waals surface area contributed by atoms with Gasteiger partial charge in [0.2, 0.25) is 5.91 Å². The molecule has 0 fully saturated rings. The fourth-order valence-electron chi connectivity index (χ4n) is 2.59. The second-order valence-electron chi connectivity index (χ2n) is 5.69.